The second-order valence-corrected chi connectivity index (χ2v) is 10.9. The number of terminal acetylenes is 1. The molecule has 8 nitrogen and oxygen atoms in total. The number of carbonyl (C=O) groups is 3. The molecule has 1 amide bonds. The average Bonchev–Trinajstić information content (AvgIpc) is 3.04. The zero-order valence-electron chi connectivity index (χ0n) is 28.1. The van der Waals surface area contributed by atoms with Gasteiger partial charge in [-0.05, 0) is 102 Å². The topological polar surface area (TPSA) is 102 Å². The van der Waals surface area contributed by atoms with Gasteiger partial charge in [-0.3, -0.25) is 14.4 Å². The Balaban J connectivity index is 0.000000701. The number of aliphatic hydroxyl groups excluding tert-OH is 1. The van der Waals surface area contributed by atoms with Gasteiger partial charge in [0.05, 0.1) is 24.9 Å². The molecule has 1 aliphatic rings. The number of esters is 2. The van der Waals surface area contributed by atoms with E-state index in [1.807, 2.05) is 46.8 Å². The standard InChI is InChI=1S/C15H19NO4.C15H20O2.C5H10O.C2H2/c1-4-7-14(17)16(11-15(18)20-5-2)12-8-6-9-13(10-12)19-3;1-15(2,3)14(16)17-13-9-8-11-6-4-5-7-12(11)10-13;1-3-5(6)4-2;1-2/h4,6,8-10H,1,5,7,11H2,2-3H3;8-10H,4-7H2,1-3H3;3,6H,4H2,1-2H3;1-2H/b;;5-3+;. The molecule has 0 aliphatic heterocycles. The number of hydrogen-bond acceptors (Lipinski definition) is 7. The normalized spacial score (nSPS) is 11.7. The van der Waals surface area contributed by atoms with Crippen LogP contribution in [0.1, 0.15) is 78.4 Å². The molecule has 45 heavy (non-hydrogen) atoms. The van der Waals surface area contributed by atoms with E-state index >= 15 is 0 Å². The highest BCUT2D eigenvalue weighted by Crippen LogP contribution is 2.27. The Hall–Kier alpha value is -4.51. The van der Waals surface area contributed by atoms with Crippen molar-refractivity contribution in [2.24, 2.45) is 5.41 Å². The number of carbonyl (C=O) groups excluding carboxylic acids is 3. The quantitative estimate of drug-likeness (QED) is 0.100. The van der Waals surface area contributed by atoms with E-state index in [-0.39, 0.29) is 31.4 Å². The minimum atomic E-state index is -0.451. The van der Waals surface area contributed by atoms with Crippen LogP contribution in [-0.2, 0) is 32.0 Å². The van der Waals surface area contributed by atoms with E-state index in [9.17, 15) is 14.4 Å². The van der Waals surface area contributed by atoms with Gasteiger partial charge in [0.1, 0.15) is 18.0 Å². The number of allylic oxidation sites excluding steroid dienone is 2. The first-order valence-corrected chi connectivity index (χ1v) is 15.1. The maximum absolute atomic E-state index is 12.1. The van der Waals surface area contributed by atoms with Gasteiger partial charge in [-0.2, -0.15) is 0 Å². The molecule has 0 atom stereocenters. The Labute approximate surface area is 270 Å². The van der Waals surface area contributed by atoms with E-state index in [0.29, 0.717) is 22.9 Å². The van der Waals surface area contributed by atoms with Crippen molar-refractivity contribution < 1.29 is 33.7 Å². The van der Waals surface area contributed by atoms with Gasteiger partial charge in [0.25, 0.3) is 0 Å². The summed E-state index contributed by atoms with van der Waals surface area (Å²) in [6, 6.07) is 13.0. The first kappa shape index (κ1) is 40.5. The molecule has 1 aliphatic carbocycles. The Morgan fingerprint density at radius 3 is 2.16 bits per heavy atom. The number of amides is 1. The van der Waals surface area contributed by atoms with Gasteiger partial charge < -0.3 is 24.2 Å². The predicted octanol–water partition coefficient (Wildman–Crippen LogP) is 7.79. The molecule has 246 valence electrons. The number of aryl methyl sites for hydroxylation is 2. The van der Waals surface area contributed by atoms with Crippen molar-refractivity contribution >= 4 is 23.5 Å². The largest absolute Gasteiger partial charge is 0.513 e. The van der Waals surface area contributed by atoms with Gasteiger partial charge in [0, 0.05) is 24.6 Å². The second kappa shape index (κ2) is 22.1. The minimum absolute atomic E-state index is 0.131. The van der Waals surface area contributed by atoms with Gasteiger partial charge in [0.2, 0.25) is 5.91 Å². The molecule has 0 spiro atoms. The minimum Gasteiger partial charge on any atom is -0.513 e. The molecule has 2 aromatic carbocycles. The lowest BCUT2D eigenvalue weighted by Crippen LogP contribution is -2.36. The summed E-state index contributed by atoms with van der Waals surface area (Å²) >= 11 is 0. The van der Waals surface area contributed by atoms with Crippen LogP contribution < -0.4 is 14.4 Å². The lowest BCUT2D eigenvalue weighted by Gasteiger charge is -2.21. The summed E-state index contributed by atoms with van der Waals surface area (Å²) in [5, 5.41) is 8.53. The van der Waals surface area contributed by atoms with Crippen molar-refractivity contribution in [3.8, 4) is 24.3 Å². The smallest absolute Gasteiger partial charge is 0.326 e. The molecule has 1 N–H and O–H groups in total. The highest BCUT2D eigenvalue weighted by atomic mass is 16.5. The van der Waals surface area contributed by atoms with Crippen molar-refractivity contribution in [3.63, 3.8) is 0 Å². The van der Waals surface area contributed by atoms with Crippen molar-refractivity contribution in [2.75, 3.05) is 25.2 Å². The number of methoxy groups -OCH3 is 1. The van der Waals surface area contributed by atoms with Gasteiger partial charge in [-0.15, -0.1) is 19.4 Å². The van der Waals surface area contributed by atoms with Crippen molar-refractivity contribution in [1.29, 1.82) is 0 Å². The fourth-order valence-corrected chi connectivity index (χ4v) is 3.91. The highest BCUT2D eigenvalue weighted by Gasteiger charge is 2.24. The summed E-state index contributed by atoms with van der Waals surface area (Å²) < 4.78 is 15.4. The van der Waals surface area contributed by atoms with Crippen LogP contribution in [0.4, 0.5) is 5.69 Å². The molecular weight excluding hydrogens is 570 g/mol. The molecule has 0 aromatic heterocycles. The number of fused-ring (bicyclic) bond motifs is 1. The maximum atomic E-state index is 12.1. The Bertz CT molecular complexity index is 1270. The first-order chi connectivity index (χ1) is 21.4. The number of anilines is 1. The lowest BCUT2D eigenvalue weighted by molar-refractivity contribution is -0.143. The molecule has 0 radical (unpaired) electrons. The lowest BCUT2D eigenvalue weighted by atomic mass is 9.91. The van der Waals surface area contributed by atoms with E-state index in [1.54, 1.807) is 44.4 Å². The molecule has 0 unspecified atom stereocenters. The number of hydrogen-bond donors (Lipinski definition) is 1. The molecular formula is C37H51NO7. The van der Waals surface area contributed by atoms with E-state index in [2.05, 4.69) is 25.5 Å². The second-order valence-electron chi connectivity index (χ2n) is 10.9. The molecule has 2 aromatic rings. The van der Waals surface area contributed by atoms with Crippen molar-refractivity contribution in [2.45, 2.75) is 80.1 Å². The summed E-state index contributed by atoms with van der Waals surface area (Å²) in [6.07, 6.45) is 16.9. The molecule has 0 fully saturated rings. The summed E-state index contributed by atoms with van der Waals surface area (Å²) in [6.45, 7) is 14.7. The van der Waals surface area contributed by atoms with Crippen LogP contribution in [0.3, 0.4) is 0 Å². The van der Waals surface area contributed by atoms with E-state index in [4.69, 9.17) is 19.3 Å². The summed E-state index contributed by atoms with van der Waals surface area (Å²) in [4.78, 5) is 36.8. The number of aliphatic hydroxyl groups is 1. The number of rotatable bonds is 9. The average molecular weight is 622 g/mol. The fourth-order valence-electron chi connectivity index (χ4n) is 3.91. The molecule has 3 rings (SSSR count). The van der Waals surface area contributed by atoms with E-state index in [1.165, 1.54) is 34.9 Å². The number of ether oxygens (including phenoxy) is 3. The third kappa shape index (κ3) is 15.7. The molecule has 0 bridgehead atoms. The first-order valence-electron chi connectivity index (χ1n) is 15.1. The van der Waals surface area contributed by atoms with Crippen LogP contribution in [0.2, 0.25) is 0 Å². The Kier molecular flexibility index (Phi) is 19.9. The van der Waals surface area contributed by atoms with Crippen LogP contribution in [0, 0.1) is 18.3 Å². The molecule has 8 heteroatoms. The SMILES string of the molecule is C#C.C/C=C(/O)CC.C=CCC(=O)N(CC(=O)OCC)c1cccc(OC)c1.CC(C)(C)C(=O)Oc1ccc2c(c1)CCCC2. The van der Waals surface area contributed by atoms with Gasteiger partial charge in [-0.25, -0.2) is 0 Å². The third-order valence-electron chi connectivity index (χ3n) is 6.42. The number of benzene rings is 2. The molecule has 0 saturated heterocycles. The third-order valence-corrected chi connectivity index (χ3v) is 6.42. The van der Waals surface area contributed by atoms with Crippen molar-refractivity contribution in [3.05, 3.63) is 78.1 Å². The summed E-state index contributed by atoms with van der Waals surface area (Å²) in [5.74, 6) is 0.922. The Morgan fingerprint density at radius 2 is 1.64 bits per heavy atom. The predicted molar refractivity (Wildman–Crippen MR) is 182 cm³/mol. The summed E-state index contributed by atoms with van der Waals surface area (Å²) in [7, 11) is 1.54. The van der Waals surface area contributed by atoms with E-state index < -0.39 is 11.4 Å². The van der Waals surface area contributed by atoms with Gasteiger partial charge in [-0.1, -0.05) is 25.1 Å². The van der Waals surface area contributed by atoms with Crippen LogP contribution in [0.25, 0.3) is 0 Å². The van der Waals surface area contributed by atoms with Crippen LogP contribution in [0.5, 0.6) is 11.5 Å². The zero-order valence-corrected chi connectivity index (χ0v) is 28.1. The number of nitrogens with zero attached hydrogens (tertiary/aromatic N) is 1. The maximum Gasteiger partial charge on any atom is 0.326 e. The Morgan fingerprint density at radius 1 is 1.00 bits per heavy atom. The van der Waals surface area contributed by atoms with Crippen molar-refractivity contribution in [1.82, 2.24) is 0 Å². The zero-order chi connectivity index (χ0) is 34.4. The monoisotopic (exact) mass is 621 g/mol. The van der Waals surface area contributed by atoms with Gasteiger partial charge >= 0.3 is 11.9 Å². The van der Waals surface area contributed by atoms with E-state index in [0.717, 1.165) is 19.3 Å². The van der Waals surface area contributed by atoms with Gasteiger partial charge in [0.15, 0.2) is 0 Å². The highest BCUT2D eigenvalue weighted by molar-refractivity contribution is 5.98. The van der Waals surface area contributed by atoms with Crippen LogP contribution >= 0.6 is 0 Å². The molecule has 0 heterocycles. The van der Waals surface area contributed by atoms with Crippen LogP contribution in [0.15, 0.2) is 67.0 Å². The fraction of sp³-hybridized carbons (Fsp3) is 0.432. The summed E-state index contributed by atoms with van der Waals surface area (Å²) in [5.41, 5.74) is 2.89. The van der Waals surface area contributed by atoms with Crippen LogP contribution in [-0.4, -0.2) is 43.2 Å². The molecule has 0 saturated carbocycles.